The summed E-state index contributed by atoms with van der Waals surface area (Å²) in [6, 6.07) is 0. The molecule has 0 saturated heterocycles. The largest absolute Gasteiger partial charge is 0.435 e. The lowest BCUT2D eigenvalue weighted by atomic mass is 9.88. The molecular formula is C16H28O5. The third kappa shape index (κ3) is 13.3. The number of rotatable bonds is 11. The topological polar surface area (TPSA) is 65.0 Å². The molecule has 1 N–H and O–H groups in total. The zero-order valence-electron chi connectivity index (χ0n) is 13.2. The van der Waals surface area contributed by atoms with E-state index in [-0.39, 0.29) is 18.0 Å². The van der Waals surface area contributed by atoms with Crippen molar-refractivity contribution in [2.45, 2.75) is 20.3 Å². The van der Waals surface area contributed by atoms with Gasteiger partial charge in [-0.15, -0.1) is 13.2 Å². The summed E-state index contributed by atoms with van der Waals surface area (Å²) in [5, 5.41) is 9.36. The molecule has 0 bridgehead atoms. The van der Waals surface area contributed by atoms with Gasteiger partial charge in [-0.3, -0.25) is 4.79 Å². The Bertz CT molecular complexity index is 279. The lowest BCUT2D eigenvalue weighted by Crippen LogP contribution is -2.35. The molecule has 5 heteroatoms. The molecule has 5 nitrogen and oxygen atoms in total. The fraction of sp³-hybridized carbons (Fsp3) is 0.562. The van der Waals surface area contributed by atoms with Gasteiger partial charge in [-0.1, -0.05) is 25.7 Å². The van der Waals surface area contributed by atoms with Gasteiger partial charge in [0.25, 0.3) is 0 Å². The Morgan fingerprint density at radius 2 is 1.62 bits per heavy atom. The first kappa shape index (κ1) is 21.9. The maximum Gasteiger partial charge on any atom is 0.307 e. The molecule has 122 valence electrons. The Labute approximate surface area is 127 Å². The molecule has 0 aliphatic rings. The second kappa shape index (κ2) is 15.0. The third-order valence-electron chi connectivity index (χ3n) is 2.62. The Morgan fingerprint density at radius 3 is 1.81 bits per heavy atom. The second-order valence-corrected chi connectivity index (χ2v) is 4.40. The molecule has 0 radical (unpaired) electrons. The molecule has 0 aromatic heterocycles. The Morgan fingerprint density at radius 1 is 1.14 bits per heavy atom. The van der Waals surface area contributed by atoms with Gasteiger partial charge in [0.1, 0.15) is 0 Å². The fourth-order valence-corrected chi connectivity index (χ4v) is 1.28. The highest BCUT2D eigenvalue weighted by atomic mass is 16.5. The van der Waals surface area contributed by atoms with E-state index < -0.39 is 0 Å². The van der Waals surface area contributed by atoms with Gasteiger partial charge in [-0.2, -0.15) is 0 Å². The number of carbonyl (C=O) groups excluding carboxylic acids is 1. The van der Waals surface area contributed by atoms with Crippen molar-refractivity contribution >= 4 is 5.97 Å². The van der Waals surface area contributed by atoms with E-state index in [9.17, 15) is 9.90 Å². The van der Waals surface area contributed by atoms with Crippen LogP contribution in [0.3, 0.4) is 0 Å². The van der Waals surface area contributed by atoms with Gasteiger partial charge >= 0.3 is 5.97 Å². The second-order valence-electron chi connectivity index (χ2n) is 4.40. The smallest absolute Gasteiger partial charge is 0.307 e. The Kier molecular flexibility index (Phi) is 15.6. The highest BCUT2D eigenvalue weighted by molar-refractivity contribution is 5.66. The van der Waals surface area contributed by atoms with Crippen molar-refractivity contribution in [2.75, 3.05) is 33.0 Å². The lowest BCUT2D eigenvalue weighted by Gasteiger charge is -2.29. The average Bonchev–Trinajstić information content (AvgIpc) is 2.46. The summed E-state index contributed by atoms with van der Waals surface area (Å²) >= 11 is 0. The van der Waals surface area contributed by atoms with E-state index in [0.29, 0.717) is 26.4 Å². The molecule has 0 aliphatic heterocycles. The summed E-state index contributed by atoms with van der Waals surface area (Å²) in [6.07, 6.45) is 5.31. The Balaban J connectivity index is 0. The minimum atomic E-state index is -0.329. The van der Waals surface area contributed by atoms with Crippen molar-refractivity contribution in [3.05, 3.63) is 38.2 Å². The average molecular weight is 300 g/mol. The van der Waals surface area contributed by atoms with Crippen molar-refractivity contribution < 1.29 is 24.1 Å². The minimum absolute atomic E-state index is 0.0672. The van der Waals surface area contributed by atoms with E-state index in [2.05, 4.69) is 24.5 Å². The summed E-state index contributed by atoms with van der Waals surface area (Å²) in [5.41, 5.74) is -0.300. The standard InChI is InChI=1S/C12H22O3.C4H6O2/c1-4-7-14-10-12(6-3,9-13)11-15-8-5-2;1-3-6-4(2)5/h4-5,13H,1-2,6-11H2,3H3;3H,1H2,2H3. The summed E-state index contributed by atoms with van der Waals surface area (Å²) in [7, 11) is 0. The molecule has 0 fully saturated rings. The number of esters is 1. The van der Waals surface area contributed by atoms with E-state index in [1.807, 2.05) is 6.92 Å². The number of carbonyl (C=O) groups is 1. The van der Waals surface area contributed by atoms with E-state index in [1.54, 1.807) is 12.2 Å². The number of hydrogen-bond acceptors (Lipinski definition) is 5. The summed E-state index contributed by atoms with van der Waals surface area (Å²) in [6.45, 7) is 15.7. The van der Waals surface area contributed by atoms with Crippen LogP contribution in [0.2, 0.25) is 0 Å². The molecule has 0 heterocycles. The van der Waals surface area contributed by atoms with Crippen LogP contribution in [0.1, 0.15) is 20.3 Å². The van der Waals surface area contributed by atoms with Crippen LogP contribution in [0.15, 0.2) is 38.2 Å². The maximum absolute atomic E-state index is 9.75. The van der Waals surface area contributed by atoms with Crippen molar-refractivity contribution in [3.63, 3.8) is 0 Å². The van der Waals surface area contributed by atoms with Crippen LogP contribution in [-0.2, 0) is 19.0 Å². The van der Waals surface area contributed by atoms with Crippen molar-refractivity contribution in [3.8, 4) is 0 Å². The fourth-order valence-electron chi connectivity index (χ4n) is 1.28. The predicted molar refractivity (Wildman–Crippen MR) is 83.8 cm³/mol. The van der Waals surface area contributed by atoms with Crippen LogP contribution in [0.4, 0.5) is 0 Å². The van der Waals surface area contributed by atoms with E-state index in [4.69, 9.17) is 9.47 Å². The van der Waals surface area contributed by atoms with Gasteiger partial charge in [-0.25, -0.2) is 0 Å². The van der Waals surface area contributed by atoms with Crippen LogP contribution in [0.5, 0.6) is 0 Å². The number of aliphatic hydroxyl groups is 1. The number of ether oxygens (including phenoxy) is 3. The molecule has 0 aromatic carbocycles. The molecule has 0 unspecified atom stereocenters. The van der Waals surface area contributed by atoms with Crippen LogP contribution in [0.25, 0.3) is 0 Å². The van der Waals surface area contributed by atoms with E-state index in [1.165, 1.54) is 6.92 Å². The summed E-state index contributed by atoms with van der Waals surface area (Å²) in [4.78, 5) is 9.75. The molecule has 0 aromatic rings. The first-order chi connectivity index (χ1) is 10.0. The van der Waals surface area contributed by atoms with Crippen molar-refractivity contribution in [1.29, 1.82) is 0 Å². The first-order valence-electron chi connectivity index (χ1n) is 6.78. The van der Waals surface area contributed by atoms with Crippen molar-refractivity contribution in [1.82, 2.24) is 0 Å². The molecule has 0 aliphatic carbocycles. The normalized spacial score (nSPS) is 10.0. The first-order valence-corrected chi connectivity index (χ1v) is 6.78. The van der Waals surface area contributed by atoms with Gasteiger partial charge in [0.2, 0.25) is 0 Å². The molecule has 0 spiro atoms. The van der Waals surface area contributed by atoms with Gasteiger partial charge < -0.3 is 19.3 Å². The number of hydrogen-bond donors (Lipinski definition) is 1. The molecule has 0 amide bonds. The summed E-state index contributed by atoms with van der Waals surface area (Å²) in [5.74, 6) is -0.329. The quantitative estimate of drug-likeness (QED) is 0.275. The predicted octanol–water partition coefficient (Wildman–Crippen LogP) is 2.47. The van der Waals surface area contributed by atoms with Gasteiger partial charge in [0, 0.05) is 12.3 Å². The van der Waals surface area contributed by atoms with Gasteiger partial charge in [-0.05, 0) is 6.42 Å². The zero-order chi connectivity index (χ0) is 16.6. The zero-order valence-corrected chi connectivity index (χ0v) is 13.2. The molecule has 21 heavy (non-hydrogen) atoms. The number of aliphatic hydroxyl groups excluding tert-OH is 1. The van der Waals surface area contributed by atoms with Crippen LogP contribution >= 0.6 is 0 Å². The maximum atomic E-state index is 9.75. The SMILES string of the molecule is C=CCOCC(CC)(CO)COCC=C.C=COC(C)=O. The van der Waals surface area contributed by atoms with Crippen LogP contribution in [0, 0.1) is 5.41 Å². The third-order valence-corrected chi connectivity index (χ3v) is 2.62. The lowest BCUT2D eigenvalue weighted by molar-refractivity contribution is -0.135. The van der Waals surface area contributed by atoms with Crippen LogP contribution < -0.4 is 0 Å². The monoisotopic (exact) mass is 300 g/mol. The van der Waals surface area contributed by atoms with Crippen molar-refractivity contribution in [2.24, 2.45) is 5.41 Å². The molecule has 0 atom stereocenters. The van der Waals surface area contributed by atoms with Gasteiger partial charge in [0.05, 0.1) is 39.3 Å². The minimum Gasteiger partial charge on any atom is -0.435 e. The van der Waals surface area contributed by atoms with Gasteiger partial charge in [0.15, 0.2) is 0 Å². The molecular weight excluding hydrogens is 272 g/mol. The molecule has 0 rings (SSSR count). The van der Waals surface area contributed by atoms with Crippen LogP contribution in [-0.4, -0.2) is 44.1 Å². The summed E-state index contributed by atoms with van der Waals surface area (Å²) < 4.78 is 14.9. The highest BCUT2D eigenvalue weighted by Crippen LogP contribution is 2.22. The van der Waals surface area contributed by atoms with E-state index in [0.717, 1.165) is 12.7 Å². The van der Waals surface area contributed by atoms with E-state index >= 15 is 0 Å². The molecule has 0 saturated carbocycles. The Hall–Kier alpha value is -1.43. The highest BCUT2D eigenvalue weighted by Gasteiger charge is 2.28.